The molecule has 5 aromatic rings. The van der Waals surface area contributed by atoms with Crippen molar-refractivity contribution in [1.29, 1.82) is 0 Å². The number of nitrogens with one attached hydrogen (secondary N) is 1. The molecule has 3 aromatic carbocycles. The third-order valence-corrected chi connectivity index (χ3v) is 5.58. The largest absolute Gasteiger partial charge is 0.342 e. The number of azo groups is 1. The summed E-state index contributed by atoms with van der Waals surface area (Å²) in [6, 6.07) is 25.1. The van der Waals surface area contributed by atoms with Gasteiger partial charge in [0.05, 0.1) is 23.1 Å². The van der Waals surface area contributed by atoms with Crippen molar-refractivity contribution in [2.75, 3.05) is 0 Å². The quantitative estimate of drug-likeness (QED) is 0.223. The van der Waals surface area contributed by atoms with Crippen LogP contribution < -0.4 is 0 Å². The SMILES string of the molecule is O=C(c1ncc(CN=Nc2ccccc2)[nH]1)c1cn(Cc2ccc(Cl)cc2)c2ccccc12. The van der Waals surface area contributed by atoms with Crippen molar-refractivity contribution < 1.29 is 4.79 Å². The van der Waals surface area contributed by atoms with Crippen molar-refractivity contribution in [3.05, 3.63) is 119 Å². The molecule has 0 aliphatic carbocycles. The van der Waals surface area contributed by atoms with E-state index in [1.165, 1.54) is 0 Å². The summed E-state index contributed by atoms with van der Waals surface area (Å²) in [4.78, 5) is 20.7. The third kappa shape index (κ3) is 4.61. The average Bonchev–Trinajstić information content (AvgIpc) is 3.46. The minimum atomic E-state index is -0.160. The van der Waals surface area contributed by atoms with Gasteiger partial charge in [-0.15, -0.1) is 0 Å². The molecule has 0 fully saturated rings. The lowest BCUT2D eigenvalue weighted by molar-refractivity contribution is 0.103. The third-order valence-electron chi connectivity index (χ3n) is 5.33. The molecule has 0 saturated carbocycles. The Kier molecular flexibility index (Phi) is 5.83. The number of benzene rings is 3. The van der Waals surface area contributed by atoms with Gasteiger partial charge in [0.2, 0.25) is 5.78 Å². The second kappa shape index (κ2) is 9.22. The van der Waals surface area contributed by atoms with E-state index in [4.69, 9.17) is 11.6 Å². The van der Waals surface area contributed by atoms with Gasteiger partial charge in [0.25, 0.3) is 0 Å². The molecule has 0 aliphatic rings. The molecule has 33 heavy (non-hydrogen) atoms. The Labute approximate surface area is 195 Å². The number of para-hydroxylation sites is 1. The monoisotopic (exact) mass is 453 g/mol. The summed E-state index contributed by atoms with van der Waals surface area (Å²) in [6.07, 6.45) is 3.52. The average molecular weight is 454 g/mol. The zero-order valence-electron chi connectivity index (χ0n) is 17.6. The van der Waals surface area contributed by atoms with Gasteiger partial charge in [-0.3, -0.25) is 4.79 Å². The van der Waals surface area contributed by atoms with Crippen LogP contribution in [0, 0.1) is 0 Å². The summed E-state index contributed by atoms with van der Waals surface area (Å²) in [7, 11) is 0. The Morgan fingerprint density at radius 1 is 0.970 bits per heavy atom. The van der Waals surface area contributed by atoms with E-state index >= 15 is 0 Å². The second-order valence-corrected chi connectivity index (χ2v) is 8.07. The van der Waals surface area contributed by atoms with E-state index in [2.05, 4.69) is 24.8 Å². The number of carbonyl (C=O) groups is 1. The zero-order chi connectivity index (χ0) is 22.6. The van der Waals surface area contributed by atoms with E-state index in [0.717, 1.165) is 27.8 Å². The van der Waals surface area contributed by atoms with Gasteiger partial charge in [-0.1, -0.05) is 60.1 Å². The predicted octanol–water partition coefficient (Wildman–Crippen LogP) is 6.58. The fraction of sp³-hybridized carbons (Fsp3) is 0.0769. The molecule has 0 bridgehead atoms. The number of hydrogen-bond donors (Lipinski definition) is 1. The zero-order valence-corrected chi connectivity index (χ0v) is 18.4. The lowest BCUT2D eigenvalue weighted by atomic mass is 10.1. The van der Waals surface area contributed by atoms with Crippen LogP contribution in [0.25, 0.3) is 10.9 Å². The van der Waals surface area contributed by atoms with Crippen LogP contribution in [-0.4, -0.2) is 20.3 Å². The normalized spacial score (nSPS) is 11.4. The van der Waals surface area contributed by atoms with Crippen molar-refractivity contribution >= 4 is 34.0 Å². The summed E-state index contributed by atoms with van der Waals surface area (Å²) in [5.74, 6) is 0.126. The first-order chi connectivity index (χ1) is 16.2. The molecule has 162 valence electrons. The predicted molar refractivity (Wildman–Crippen MR) is 129 cm³/mol. The molecule has 0 unspecified atom stereocenters. The molecule has 0 amide bonds. The Bertz CT molecular complexity index is 1430. The number of carbonyl (C=O) groups excluding carboxylic acids is 1. The molecule has 0 aliphatic heterocycles. The Morgan fingerprint density at radius 3 is 2.55 bits per heavy atom. The van der Waals surface area contributed by atoms with Crippen LogP contribution in [0.1, 0.15) is 27.4 Å². The smallest absolute Gasteiger partial charge is 0.230 e. The minimum Gasteiger partial charge on any atom is -0.342 e. The van der Waals surface area contributed by atoms with Crippen LogP contribution in [0.3, 0.4) is 0 Å². The van der Waals surface area contributed by atoms with Gasteiger partial charge in [0.1, 0.15) is 6.54 Å². The maximum atomic E-state index is 13.3. The summed E-state index contributed by atoms with van der Waals surface area (Å²) < 4.78 is 2.07. The first-order valence-electron chi connectivity index (χ1n) is 10.5. The molecule has 7 heteroatoms. The minimum absolute atomic E-state index is 0.160. The van der Waals surface area contributed by atoms with Gasteiger partial charge in [-0.25, -0.2) is 4.98 Å². The van der Waals surface area contributed by atoms with E-state index in [9.17, 15) is 4.79 Å². The van der Waals surface area contributed by atoms with Crippen LogP contribution >= 0.6 is 11.6 Å². The fourth-order valence-electron chi connectivity index (χ4n) is 3.72. The van der Waals surface area contributed by atoms with Crippen molar-refractivity contribution in [3.8, 4) is 0 Å². The van der Waals surface area contributed by atoms with E-state index < -0.39 is 0 Å². The number of H-pyrrole nitrogens is 1. The molecule has 2 heterocycles. The number of aromatic nitrogens is 3. The van der Waals surface area contributed by atoms with Crippen molar-refractivity contribution in [2.45, 2.75) is 13.1 Å². The molecule has 0 spiro atoms. The standard InChI is InChI=1S/C26H20ClN5O/c27-19-12-10-18(11-13-19)16-32-17-23(22-8-4-5-9-24(22)32)25(33)26-28-14-21(30-26)15-29-31-20-6-2-1-3-7-20/h1-14,17H,15-16H2,(H,28,30). The topological polar surface area (TPSA) is 75.4 Å². The number of halogens is 1. The highest BCUT2D eigenvalue weighted by atomic mass is 35.5. The summed E-state index contributed by atoms with van der Waals surface area (Å²) >= 11 is 6.01. The Balaban J connectivity index is 1.38. The highest BCUT2D eigenvalue weighted by Gasteiger charge is 2.19. The van der Waals surface area contributed by atoms with E-state index in [1.807, 2.05) is 85.1 Å². The molecule has 6 nitrogen and oxygen atoms in total. The van der Waals surface area contributed by atoms with Crippen LogP contribution in [0.5, 0.6) is 0 Å². The number of rotatable bonds is 7. The molecule has 2 aromatic heterocycles. The van der Waals surface area contributed by atoms with Crippen molar-refractivity contribution in [3.63, 3.8) is 0 Å². The Hall–Kier alpha value is -4.03. The van der Waals surface area contributed by atoms with Gasteiger partial charge in [-0.05, 0) is 35.9 Å². The van der Waals surface area contributed by atoms with E-state index in [0.29, 0.717) is 23.7 Å². The lowest BCUT2D eigenvalue weighted by Crippen LogP contribution is -2.04. The van der Waals surface area contributed by atoms with Gasteiger partial charge < -0.3 is 9.55 Å². The summed E-state index contributed by atoms with van der Waals surface area (Å²) in [6.45, 7) is 0.946. The maximum Gasteiger partial charge on any atom is 0.230 e. The molecule has 0 radical (unpaired) electrons. The van der Waals surface area contributed by atoms with E-state index in [1.54, 1.807) is 6.20 Å². The van der Waals surface area contributed by atoms with Gasteiger partial charge >= 0.3 is 0 Å². The molecular weight excluding hydrogens is 434 g/mol. The number of imidazole rings is 1. The first kappa shape index (κ1) is 20.8. The van der Waals surface area contributed by atoms with Crippen LogP contribution in [0.2, 0.25) is 5.02 Å². The highest BCUT2D eigenvalue weighted by Crippen LogP contribution is 2.25. The highest BCUT2D eigenvalue weighted by molar-refractivity contribution is 6.30. The molecule has 1 N–H and O–H groups in total. The molecule has 0 saturated heterocycles. The fourth-order valence-corrected chi connectivity index (χ4v) is 3.84. The first-order valence-corrected chi connectivity index (χ1v) is 10.9. The van der Waals surface area contributed by atoms with Gasteiger partial charge in [0.15, 0.2) is 5.82 Å². The molecular formula is C26H20ClN5O. The number of hydrogen-bond acceptors (Lipinski definition) is 4. The van der Waals surface area contributed by atoms with Crippen LogP contribution in [0.4, 0.5) is 5.69 Å². The molecule has 0 atom stereocenters. The number of ketones is 1. The van der Waals surface area contributed by atoms with Crippen LogP contribution in [0.15, 0.2) is 101 Å². The summed E-state index contributed by atoms with van der Waals surface area (Å²) in [5, 5.41) is 9.96. The molecule has 5 rings (SSSR count). The summed E-state index contributed by atoms with van der Waals surface area (Å²) in [5.41, 5.74) is 4.19. The number of fused-ring (bicyclic) bond motifs is 1. The Morgan fingerprint density at radius 2 is 1.73 bits per heavy atom. The number of aromatic amines is 1. The lowest BCUT2D eigenvalue weighted by Gasteiger charge is -2.05. The maximum absolute atomic E-state index is 13.3. The van der Waals surface area contributed by atoms with Crippen molar-refractivity contribution in [2.24, 2.45) is 10.2 Å². The van der Waals surface area contributed by atoms with E-state index in [-0.39, 0.29) is 11.6 Å². The van der Waals surface area contributed by atoms with Crippen molar-refractivity contribution in [1.82, 2.24) is 14.5 Å². The number of nitrogens with zero attached hydrogens (tertiary/aromatic N) is 4. The van der Waals surface area contributed by atoms with Gasteiger partial charge in [0, 0.05) is 28.7 Å². The second-order valence-electron chi connectivity index (χ2n) is 7.64. The van der Waals surface area contributed by atoms with Crippen LogP contribution in [-0.2, 0) is 13.1 Å². The van der Waals surface area contributed by atoms with Gasteiger partial charge in [-0.2, -0.15) is 10.2 Å².